The molecule has 9 heteroatoms. The fourth-order valence-corrected chi connectivity index (χ4v) is 6.86. The Morgan fingerprint density at radius 2 is 1.90 bits per heavy atom. The maximum absolute atomic E-state index is 14.1. The molecule has 8 nitrogen and oxygen atoms in total. The van der Waals surface area contributed by atoms with Gasteiger partial charge in [-0.1, -0.05) is 12.1 Å². The number of piperidine rings is 1. The van der Waals surface area contributed by atoms with E-state index in [1.807, 2.05) is 31.7 Å². The molecule has 3 aliphatic heterocycles. The first-order valence-corrected chi connectivity index (χ1v) is 14.3. The fourth-order valence-electron chi connectivity index (χ4n) is 6.86. The van der Waals surface area contributed by atoms with E-state index in [0.29, 0.717) is 31.1 Å². The maximum atomic E-state index is 14.1. The molecule has 2 saturated heterocycles. The van der Waals surface area contributed by atoms with Gasteiger partial charge in [0.1, 0.15) is 17.2 Å². The van der Waals surface area contributed by atoms with Gasteiger partial charge in [-0.05, 0) is 77.5 Å². The summed E-state index contributed by atoms with van der Waals surface area (Å²) in [6, 6.07) is 7.41. The Morgan fingerprint density at radius 3 is 2.54 bits per heavy atom. The highest BCUT2D eigenvalue weighted by atomic mass is 19.1. The number of benzene rings is 1. The van der Waals surface area contributed by atoms with Crippen molar-refractivity contribution in [3.63, 3.8) is 0 Å². The van der Waals surface area contributed by atoms with Crippen LogP contribution in [-0.2, 0) is 22.5 Å². The lowest BCUT2D eigenvalue weighted by atomic mass is 9.95. The molecule has 2 amide bonds. The zero-order valence-electron chi connectivity index (χ0n) is 23.9. The molecule has 4 heterocycles. The average Bonchev–Trinajstić information content (AvgIpc) is 3.30. The Balaban J connectivity index is 1.28. The number of nitrogens with zero attached hydrogens (tertiary/aromatic N) is 4. The van der Waals surface area contributed by atoms with Crippen LogP contribution in [0.3, 0.4) is 0 Å². The lowest BCUT2D eigenvalue weighted by molar-refractivity contribution is -0.129. The first-order valence-electron chi connectivity index (χ1n) is 14.3. The van der Waals surface area contributed by atoms with E-state index in [2.05, 4.69) is 21.7 Å². The summed E-state index contributed by atoms with van der Waals surface area (Å²) in [5, 5.41) is 2.99. The molecular formula is C30H42FN5O3. The Labute approximate surface area is 230 Å². The molecule has 1 unspecified atom stereocenters. The van der Waals surface area contributed by atoms with Crippen LogP contribution in [0.2, 0.25) is 0 Å². The highest BCUT2D eigenvalue weighted by Gasteiger charge is 2.42. The molecule has 5 rings (SSSR count). The number of ether oxygens (including phenoxy) is 1. The monoisotopic (exact) mass is 539 g/mol. The quantitative estimate of drug-likeness (QED) is 0.555. The van der Waals surface area contributed by atoms with Crippen LogP contribution in [0.5, 0.6) is 0 Å². The summed E-state index contributed by atoms with van der Waals surface area (Å²) in [6.45, 7) is 11.5. The number of nitrogens with one attached hydrogen (secondary N) is 1. The number of amides is 2. The van der Waals surface area contributed by atoms with E-state index in [4.69, 9.17) is 9.72 Å². The van der Waals surface area contributed by atoms with E-state index in [-0.39, 0.29) is 17.8 Å². The lowest BCUT2D eigenvalue weighted by Crippen LogP contribution is -2.45. The Hall–Kier alpha value is -2.94. The maximum Gasteiger partial charge on any atom is 0.408 e. The third-order valence-electron chi connectivity index (χ3n) is 8.52. The van der Waals surface area contributed by atoms with Crippen molar-refractivity contribution in [3.05, 3.63) is 52.9 Å². The summed E-state index contributed by atoms with van der Waals surface area (Å²) in [4.78, 5) is 34.1. The van der Waals surface area contributed by atoms with Crippen LogP contribution in [0.1, 0.15) is 94.7 Å². The molecule has 1 aromatic carbocycles. The standard InChI is InChI=1S/C30H42FN5O3/c1-19-32-27-11-13-34(20(2)37)18-28(27)36(19)25-16-23-9-10-24(17-25)35(23)14-12-26(21-7-6-8-22(31)15-21)33-29(38)39-30(3,4)5/h6-8,15,23-26H,9-14,16-18H2,1-5H3,(H,33,38)/t23-,24+,25?,26-/m0/s1. The minimum Gasteiger partial charge on any atom is -0.444 e. The summed E-state index contributed by atoms with van der Waals surface area (Å²) in [5.74, 6) is 0.858. The predicted octanol–water partition coefficient (Wildman–Crippen LogP) is 5.06. The molecule has 0 saturated carbocycles. The minimum absolute atomic E-state index is 0.119. The Bertz CT molecular complexity index is 1210. The van der Waals surface area contributed by atoms with Gasteiger partial charge < -0.3 is 19.5 Å². The van der Waals surface area contributed by atoms with Crippen molar-refractivity contribution in [1.29, 1.82) is 0 Å². The van der Waals surface area contributed by atoms with Crippen molar-refractivity contribution in [2.45, 2.75) is 109 Å². The molecule has 0 aliphatic carbocycles. The molecule has 2 bridgehead atoms. The molecule has 1 aromatic heterocycles. The van der Waals surface area contributed by atoms with Crippen molar-refractivity contribution in [2.75, 3.05) is 13.1 Å². The van der Waals surface area contributed by atoms with Crippen LogP contribution >= 0.6 is 0 Å². The molecule has 1 N–H and O–H groups in total. The number of halogens is 1. The molecule has 39 heavy (non-hydrogen) atoms. The van der Waals surface area contributed by atoms with E-state index in [9.17, 15) is 14.0 Å². The number of hydrogen-bond acceptors (Lipinski definition) is 5. The SMILES string of the molecule is CC(=O)N1CCc2nc(C)n(C3C[C@H]4CC[C@@H](C3)N4CC[C@H](NC(=O)OC(C)(C)C)c3cccc(F)c3)c2C1. The van der Waals surface area contributed by atoms with Gasteiger partial charge in [-0.3, -0.25) is 9.69 Å². The highest BCUT2D eigenvalue weighted by Crippen LogP contribution is 2.43. The largest absolute Gasteiger partial charge is 0.444 e. The van der Waals surface area contributed by atoms with E-state index in [1.165, 1.54) is 17.8 Å². The second-order valence-electron chi connectivity index (χ2n) is 12.4. The second-order valence-corrected chi connectivity index (χ2v) is 12.4. The number of aryl methyl sites for hydroxylation is 1. The summed E-state index contributed by atoms with van der Waals surface area (Å²) in [6.07, 6.45) is 5.41. The minimum atomic E-state index is -0.607. The van der Waals surface area contributed by atoms with Crippen LogP contribution in [-0.4, -0.2) is 62.1 Å². The number of carbonyl (C=O) groups excluding carboxylic acids is 2. The first kappa shape index (κ1) is 27.6. The fraction of sp³-hybridized carbons (Fsp3) is 0.633. The van der Waals surface area contributed by atoms with Crippen LogP contribution < -0.4 is 5.32 Å². The smallest absolute Gasteiger partial charge is 0.408 e. The molecule has 2 fully saturated rings. The summed E-state index contributed by atoms with van der Waals surface area (Å²) in [7, 11) is 0. The van der Waals surface area contributed by atoms with Gasteiger partial charge in [0, 0.05) is 44.6 Å². The predicted molar refractivity (Wildman–Crippen MR) is 147 cm³/mol. The average molecular weight is 540 g/mol. The lowest BCUT2D eigenvalue weighted by Gasteiger charge is -2.41. The molecule has 0 radical (unpaired) electrons. The molecular weight excluding hydrogens is 497 g/mol. The third-order valence-corrected chi connectivity index (χ3v) is 8.52. The number of rotatable bonds is 6. The molecule has 0 spiro atoms. The molecule has 212 valence electrons. The normalized spacial score (nSPS) is 23.8. The molecule has 2 aromatic rings. The summed E-state index contributed by atoms with van der Waals surface area (Å²) < 4.78 is 22.0. The van der Waals surface area contributed by atoms with Gasteiger partial charge >= 0.3 is 6.09 Å². The van der Waals surface area contributed by atoms with E-state index < -0.39 is 11.7 Å². The van der Waals surface area contributed by atoms with Gasteiger partial charge in [0.15, 0.2) is 0 Å². The number of hydrogen-bond donors (Lipinski definition) is 1. The van der Waals surface area contributed by atoms with Gasteiger partial charge in [-0.15, -0.1) is 0 Å². The van der Waals surface area contributed by atoms with Gasteiger partial charge in [0.25, 0.3) is 0 Å². The van der Waals surface area contributed by atoms with Crippen molar-refractivity contribution in [1.82, 2.24) is 24.7 Å². The topological polar surface area (TPSA) is 79.7 Å². The Morgan fingerprint density at radius 1 is 1.18 bits per heavy atom. The van der Waals surface area contributed by atoms with Crippen molar-refractivity contribution in [3.8, 4) is 0 Å². The second kappa shape index (κ2) is 10.9. The van der Waals surface area contributed by atoms with Crippen LogP contribution in [0.25, 0.3) is 0 Å². The van der Waals surface area contributed by atoms with E-state index in [0.717, 1.165) is 62.3 Å². The third kappa shape index (κ3) is 6.13. The van der Waals surface area contributed by atoms with E-state index in [1.54, 1.807) is 13.0 Å². The molecule has 3 aliphatic rings. The van der Waals surface area contributed by atoms with Crippen LogP contribution in [0.4, 0.5) is 9.18 Å². The zero-order valence-corrected chi connectivity index (χ0v) is 23.9. The first-order chi connectivity index (χ1) is 18.5. The van der Waals surface area contributed by atoms with Gasteiger partial charge in [-0.2, -0.15) is 0 Å². The van der Waals surface area contributed by atoms with Crippen molar-refractivity contribution in [2.24, 2.45) is 0 Å². The number of imidazole rings is 1. The number of carbonyl (C=O) groups is 2. The summed E-state index contributed by atoms with van der Waals surface area (Å²) >= 11 is 0. The van der Waals surface area contributed by atoms with Gasteiger partial charge in [-0.25, -0.2) is 14.2 Å². The van der Waals surface area contributed by atoms with Crippen LogP contribution in [0.15, 0.2) is 24.3 Å². The number of aromatic nitrogens is 2. The summed E-state index contributed by atoms with van der Waals surface area (Å²) in [5.41, 5.74) is 2.49. The van der Waals surface area contributed by atoms with Crippen LogP contribution in [0, 0.1) is 12.7 Å². The van der Waals surface area contributed by atoms with E-state index >= 15 is 0 Å². The van der Waals surface area contributed by atoms with Crippen molar-refractivity contribution >= 4 is 12.0 Å². The number of fused-ring (bicyclic) bond motifs is 3. The number of alkyl carbamates (subject to hydrolysis) is 1. The molecule has 4 atom stereocenters. The van der Waals surface area contributed by atoms with Crippen molar-refractivity contribution < 1.29 is 18.7 Å². The zero-order chi connectivity index (χ0) is 27.9. The Kier molecular flexibility index (Phi) is 7.73. The van der Waals surface area contributed by atoms with Gasteiger partial charge in [0.2, 0.25) is 5.91 Å². The highest BCUT2D eigenvalue weighted by molar-refractivity contribution is 5.73. The van der Waals surface area contributed by atoms with Gasteiger partial charge in [0.05, 0.1) is 24.0 Å².